The van der Waals surface area contributed by atoms with Gasteiger partial charge >= 0.3 is 0 Å². The first-order valence-corrected chi connectivity index (χ1v) is 8.30. The van der Waals surface area contributed by atoms with Gasteiger partial charge in [0.2, 0.25) is 0 Å². The number of aryl methyl sites for hydroxylation is 1. The summed E-state index contributed by atoms with van der Waals surface area (Å²) in [5, 5.41) is 3.37. The molecule has 1 aromatic carbocycles. The van der Waals surface area contributed by atoms with Crippen molar-refractivity contribution in [1.82, 2.24) is 10.2 Å². The maximum Gasteiger partial charge on any atom is 0.126 e. The van der Waals surface area contributed by atoms with E-state index >= 15 is 0 Å². The van der Waals surface area contributed by atoms with E-state index < -0.39 is 0 Å². The van der Waals surface area contributed by atoms with Crippen LogP contribution in [-0.2, 0) is 0 Å². The van der Waals surface area contributed by atoms with Crippen molar-refractivity contribution in [3.05, 3.63) is 56.5 Å². The minimum absolute atomic E-state index is 0.151. The Morgan fingerprint density at radius 2 is 2.00 bits per heavy atom. The normalized spacial score (nSPS) is 17.9. The van der Waals surface area contributed by atoms with Gasteiger partial charge in [-0.15, -0.1) is 11.3 Å². The van der Waals surface area contributed by atoms with E-state index in [1.54, 1.807) is 17.4 Å². The molecule has 0 bridgehead atoms. The quantitative estimate of drug-likeness (QED) is 0.922. The van der Waals surface area contributed by atoms with E-state index in [1.807, 2.05) is 25.1 Å². The number of nitrogens with one attached hydrogen (secondary N) is 1. The molecular weight excluding hydrogens is 307 g/mol. The van der Waals surface area contributed by atoms with Crippen molar-refractivity contribution in [2.75, 3.05) is 26.2 Å². The average molecular weight is 325 g/mol. The minimum Gasteiger partial charge on any atom is -0.314 e. The third kappa shape index (κ3) is 3.29. The Morgan fingerprint density at radius 1 is 1.24 bits per heavy atom. The highest BCUT2D eigenvalue weighted by Crippen LogP contribution is 2.35. The van der Waals surface area contributed by atoms with Crippen LogP contribution in [0, 0.1) is 12.7 Å². The first kappa shape index (κ1) is 15.0. The van der Waals surface area contributed by atoms with Crippen molar-refractivity contribution in [3.63, 3.8) is 0 Å². The zero-order valence-corrected chi connectivity index (χ0v) is 13.5. The second-order valence-corrected chi connectivity index (χ2v) is 7.09. The van der Waals surface area contributed by atoms with Crippen LogP contribution in [-0.4, -0.2) is 31.1 Å². The smallest absolute Gasteiger partial charge is 0.126 e. The number of rotatable bonds is 3. The third-order valence-corrected chi connectivity index (χ3v) is 5.16. The van der Waals surface area contributed by atoms with E-state index in [-0.39, 0.29) is 11.9 Å². The van der Waals surface area contributed by atoms with Crippen molar-refractivity contribution in [1.29, 1.82) is 0 Å². The molecule has 1 atom stereocenters. The van der Waals surface area contributed by atoms with Crippen LogP contribution in [0.3, 0.4) is 0 Å². The Kier molecular flexibility index (Phi) is 4.60. The maximum absolute atomic E-state index is 13.6. The summed E-state index contributed by atoms with van der Waals surface area (Å²) in [7, 11) is 0. The minimum atomic E-state index is -0.151. The lowest BCUT2D eigenvalue weighted by atomic mass is 10.0. The summed E-state index contributed by atoms with van der Waals surface area (Å²) in [6.07, 6.45) is 0. The Labute approximate surface area is 133 Å². The molecule has 1 N–H and O–H groups in total. The molecule has 0 radical (unpaired) electrons. The molecule has 0 saturated carbocycles. The molecule has 112 valence electrons. The summed E-state index contributed by atoms with van der Waals surface area (Å²) >= 11 is 7.72. The Morgan fingerprint density at radius 3 is 2.62 bits per heavy atom. The van der Waals surface area contributed by atoms with Crippen LogP contribution in [0.25, 0.3) is 0 Å². The first-order chi connectivity index (χ1) is 10.1. The van der Waals surface area contributed by atoms with E-state index in [4.69, 9.17) is 11.6 Å². The van der Waals surface area contributed by atoms with Gasteiger partial charge in [-0.1, -0.05) is 23.7 Å². The van der Waals surface area contributed by atoms with Crippen molar-refractivity contribution in [2.45, 2.75) is 13.0 Å². The van der Waals surface area contributed by atoms with Crippen LogP contribution < -0.4 is 5.32 Å². The maximum atomic E-state index is 13.6. The number of hydrogen-bond acceptors (Lipinski definition) is 3. The first-order valence-electron chi connectivity index (χ1n) is 7.11. The molecular formula is C16H18ClFN2S. The number of piperazine rings is 1. The zero-order valence-electron chi connectivity index (χ0n) is 11.9. The topological polar surface area (TPSA) is 15.3 Å². The fourth-order valence-corrected chi connectivity index (χ4v) is 4.03. The van der Waals surface area contributed by atoms with E-state index in [0.29, 0.717) is 5.56 Å². The highest BCUT2D eigenvalue weighted by atomic mass is 35.5. The van der Waals surface area contributed by atoms with E-state index in [1.165, 1.54) is 4.88 Å². The van der Waals surface area contributed by atoms with Gasteiger partial charge < -0.3 is 5.32 Å². The van der Waals surface area contributed by atoms with Gasteiger partial charge in [0.05, 0.1) is 10.4 Å². The van der Waals surface area contributed by atoms with Crippen molar-refractivity contribution >= 4 is 22.9 Å². The predicted octanol–water partition coefficient (Wildman–Crippen LogP) is 3.84. The molecule has 21 heavy (non-hydrogen) atoms. The van der Waals surface area contributed by atoms with E-state index in [0.717, 1.165) is 36.1 Å². The fourth-order valence-electron chi connectivity index (χ4n) is 2.81. The van der Waals surface area contributed by atoms with Crippen LogP contribution in [0.4, 0.5) is 4.39 Å². The lowest BCUT2D eigenvalue weighted by Crippen LogP contribution is -2.45. The third-order valence-electron chi connectivity index (χ3n) is 3.88. The molecule has 1 aliphatic heterocycles. The van der Waals surface area contributed by atoms with Gasteiger partial charge in [0.15, 0.2) is 0 Å². The molecule has 2 heterocycles. The summed E-state index contributed by atoms with van der Waals surface area (Å²) in [4.78, 5) is 3.65. The molecule has 0 amide bonds. The summed E-state index contributed by atoms with van der Waals surface area (Å²) in [5.41, 5.74) is 1.82. The molecule has 1 aliphatic rings. The number of benzene rings is 1. The van der Waals surface area contributed by atoms with Crippen LogP contribution in [0.15, 0.2) is 30.3 Å². The van der Waals surface area contributed by atoms with Crippen LogP contribution in [0.1, 0.15) is 22.0 Å². The van der Waals surface area contributed by atoms with Crippen LogP contribution >= 0.6 is 22.9 Å². The van der Waals surface area contributed by atoms with E-state index in [2.05, 4.69) is 16.3 Å². The molecule has 0 unspecified atom stereocenters. The van der Waals surface area contributed by atoms with Crippen molar-refractivity contribution in [2.24, 2.45) is 0 Å². The number of hydrogen-bond donors (Lipinski definition) is 1. The van der Waals surface area contributed by atoms with Crippen LogP contribution in [0.2, 0.25) is 4.34 Å². The van der Waals surface area contributed by atoms with Gasteiger partial charge in [-0.2, -0.15) is 0 Å². The summed E-state index contributed by atoms with van der Waals surface area (Å²) in [6.45, 7) is 5.74. The van der Waals surface area contributed by atoms with E-state index in [9.17, 15) is 4.39 Å². The molecule has 3 rings (SSSR count). The molecule has 1 saturated heterocycles. The molecule has 2 nitrogen and oxygen atoms in total. The molecule has 1 fully saturated rings. The molecule has 0 spiro atoms. The molecule has 0 aliphatic carbocycles. The second kappa shape index (κ2) is 6.44. The van der Waals surface area contributed by atoms with Gasteiger partial charge in [-0.05, 0) is 36.2 Å². The van der Waals surface area contributed by atoms with Gasteiger partial charge in [0, 0.05) is 31.1 Å². The Balaban J connectivity index is 2.00. The molecule has 5 heteroatoms. The SMILES string of the molecule is Cc1cc([C@@H](c2ccc(Cl)s2)N2CCNCC2)ccc1F. The number of thiophene rings is 1. The average Bonchev–Trinajstić information content (AvgIpc) is 2.90. The van der Waals surface area contributed by atoms with Gasteiger partial charge in [-0.25, -0.2) is 4.39 Å². The number of halogens is 2. The summed E-state index contributed by atoms with van der Waals surface area (Å²) in [6, 6.07) is 9.59. The fraction of sp³-hybridized carbons (Fsp3) is 0.375. The van der Waals surface area contributed by atoms with Crippen molar-refractivity contribution in [3.8, 4) is 0 Å². The lowest BCUT2D eigenvalue weighted by Gasteiger charge is -2.35. The Bertz CT molecular complexity index is 622. The standard InChI is InChI=1S/C16H18ClFN2S/c1-11-10-12(2-3-13(11)18)16(14-4-5-15(17)21-14)20-8-6-19-7-9-20/h2-5,10,16,19H,6-9H2,1H3/t16-/m0/s1. The highest BCUT2D eigenvalue weighted by molar-refractivity contribution is 7.16. The second-order valence-electron chi connectivity index (χ2n) is 5.34. The Hall–Kier alpha value is -0.940. The van der Waals surface area contributed by atoms with Gasteiger partial charge in [0.1, 0.15) is 5.82 Å². The lowest BCUT2D eigenvalue weighted by molar-refractivity contribution is 0.200. The van der Waals surface area contributed by atoms with Gasteiger partial charge in [0.25, 0.3) is 0 Å². The summed E-state index contributed by atoms with van der Waals surface area (Å²) in [5.74, 6) is -0.151. The monoisotopic (exact) mass is 324 g/mol. The highest BCUT2D eigenvalue weighted by Gasteiger charge is 2.25. The van der Waals surface area contributed by atoms with Crippen LogP contribution in [0.5, 0.6) is 0 Å². The predicted molar refractivity (Wildman–Crippen MR) is 86.8 cm³/mol. The molecule has 1 aromatic heterocycles. The largest absolute Gasteiger partial charge is 0.314 e. The number of nitrogens with zero attached hydrogens (tertiary/aromatic N) is 1. The summed E-state index contributed by atoms with van der Waals surface area (Å²) < 4.78 is 14.4. The zero-order chi connectivity index (χ0) is 14.8. The molecule has 2 aromatic rings. The van der Waals surface area contributed by atoms with Crippen molar-refractivity contribution < 1.29 is 4.39 Å². The van der Waals surface area contributed by atoms with Gasteiger partial charge in [-0.3, -0.25) is 4.90 Å².